The predicted octanol–water partition coefficient (Wildman–Crippen LogP) is 5.44. The highest BCUT2D eigenvalue weighted by atomic mass is 32.2. The number of hydrogen-bond donors (Lipinski definition) is 1. The first-order chi connectivity index (χ1) is 17.7. The minimum atomic E-state index is -0.0699. The summed E-state index contributed by atoms with van der Waals surface area (Å²) in [6, 6.07) is 24.9. The Hall–Kier alpha value is -3.16. The molecule has 0 radical (unpaired) electrons. The molecule has 0 aliphatic carbocycles. The molecule has 1 unspecified atom stereocenters. The molecular weight excluding hydrogens is 466 g/mol. The number of carbonyl (C=O) groups excluding carboxylic acids is 1. The van der Waals surface area contributed by atoms with Crippen molar-refractivity contribution in [3.05, 3.63) is 89.7 Å². The number of piperidine rings is 1. The topological polar surface area (TPSA) is 63.1 Å². The number of likely N-dealkylation sites (tertiary alicyclic amines) is 1. The Morgan fingerprint density at radius 2 is 1.67 bits per heavy atom. The molecule has 7 heteroatoms. The zero-order valence-electron chi connectivity index (χ0n) is 20.8. The van der Waals surface area contributed by atoms with Gasteiger partial charge in [0.1, 0.15) is 5.82 Å². The maximum absolute atomic E-state index is 12.9. The Morgan fingerprint density at radius 1 is 0.917 bits per heavy atom. The second-order valence-electron chi connectivity index (χ2n) is 9.49. The van der Waals surface area contributed by atoms with Gasteiger partial charge in [-0.2, -0.15) is 0 Å². The third kappa shape index (κ3) is 6.15. The lowest BCUT2D eigenvalue weighted by atomic mass is 10.0. The molecule has 1 atom stereocenters. The molecule has 0 saturated carbocycles. The fraction of sp³-hybridized carbons (Fsp3) is 0.345. The number of hydrogen-bond acceptors (Lipinski definition) is 5. The van der Waals surface area contributed by atoms with Gasteiger partial charge < -0.3 is 9.88 Å². The minimum absolute atomic E-state index is 0.00694. The molecule has 1 amide bonds. The third-order valence-corrected chi connectivity index (χ3v) is 7.74. The van der Waals surface area contributed by atoms with Crippen LogP contribution >= 0.6 is 11.8 Å². The summed E-state index contributed by atoms with van der Waals surface area (Å²) in [7, 11) is 0. The predicted molar refractivity (Wildman–Crippen MR) is 146 cm³/mol. The van der Waals surface area contributed by atoms with Gasteiger partial charge in [-0.15, -0.1) is 10.2 Å². The van der Waals surface area contributed by atoms with E-state index in [2.05, 4.69) is 79.6 Å². The molecule has 3 aromatic carbocycles. The van der Waals surface area contributed by atoms with Crippen LogP contribution in [-0.4, -0.2) is 44.4 Å². The van der Waals surface area contributed by atoms with E-state index in [1.54, 1.807) is 0 Å². The summed E-state index contributed by atoms with van der Waals surface area (Å²) >= 11 is 1.46. The highest BCUT2D eigenvalue weighted by molar-refractivity contribution is 7.99. The summed E-state index contributed by atoms with van der Waals surface area (Å²) in [6.45, 7) is 5.74. The van der Waals surface area contributed by atoms with Crippen molar-refractivity contribution in [3.63, 3.8) is 0 Å². The SMILES string of the molecule is CC(NC(=O)CSc1nnc(CN2CCCCC2)n1Cc1ccccc1)c1ccc2ccccc2c1. The number of aromatic nitrogens is 3. The van der Waals surface area contributed by atoms with Gasteiger partial charge >= 0.3 is 0 Å². The summed E-state index contributed by atoms with van der Waals surface area (Å²) in [5.41, 5.74) is 2.30. The first kappa shape index (κ1) is 24.5. The third-order valence-electron chi connectivity index (χ3n) is 6.77. The highest BCUT2D eigenvalue weighted by Gasteiger charge is 2.19. The fourth-order valence-electron chi connectivity index (χ4n) is 4.76. The lowest BCUT2D eigenvalue weighted by molar-refractivity contribution is -0.119. The van der Waals surface area contributed by atoms with Crippen LogP contribution in [0, 0.1) is 0 Å². The van der Waals surface area contributed by atoms with E-state index in [0.717, 1.165) is 36.2 Å². The smallest absolute Gasteiger partial charge is 0.230 e. The van der Waals surface area contributed by atoms with Crippen LogP contribution in [0.5, 0.6) is 0 Å². The molecule has 4 aromatic rings. The van der Waals surface area contributed by atoms with Crippen molar-refractivity contribution >= 4 is 28.4 Å². The maximum Gasteiger partial charge on any atom is 0.230 e. The molecule has 1 N–H and O–H groups in total. The number of fused-ring (bicyclic) bond motifs is 1. The maximum atomic E-state index is 12.9. The first-order valence-corrected chi connectivity index (χ1v) is 13.7. The Balaban J connectivity index is 1.25. The normalized spacial score (nSPS) is 15.1. The molecule has 5 rings (SSSR count). The second-order valence-corrected chi connectivity index (χ2v) is 10.4. The largest absolute Gasteiger partial charge is 0.349 e. The Labute approximate surface area is 217 Å². The number of carbonyl (C=O) groups is 1. The standard InChI is InChI=1S/C29H33N5OS/c1-22(25-15-14-24-12-6-7-13-26(24)18-25)30-28(35)21-36-29-32-31-27(20-33-16-8-3-9-17-33)34(29)19-23-10-4-2-5-11-23/h2,4-7,10-15,18,22H,3,8-9,16-17,19-21H2,1H3,(H,30,35). The quantitative estimate of drug-likeness (QED) is 0.311. The number of benzene rings is 3. The number of rotatable bonds is 9. The number of thioether (sulfide) groups is 1. The van der Waals surface area contributed by atoms with Crippen molar-refractivity contribution in [1.29, 1.82) is 0 Å². The van der Waals surface area contributed by atoms with Crippen LogP contribution in [0.2, 0.25) is 0 Å². The monoisotopic (exact) mass is 499 g/mol. The summed E-state index contributed by atoms with van der Waals surface area (Å²) in [4.78, 5) is 15.3. The zero-order valence-corrected chi connectivity index (χ0v) is 21.6. The summed E-state index contributed by atoms with van der Waals surface area (Å²) in [6.07, 6.45) is 3.79. The second kappa shape index (κ2) is 11.7. The van der Waals surface area contributed by atoms with E-state index >= 15 is 0 Å². The van der Waals surface area contributed by atoms with Crippen molar-refractivity contribution in [2.75, 3.05) is 18.8 Å². The number of amides is 1. The van der Waals surface area contributed by atoms with Gasteiger partial charge in [-0.1, -0.05) is 84.9 Å². The van der Waals surface area contributed by atoms with Crippen LogP contribution in [0.1, 0.15) is 49.2 Å². The van der Waals surface area contributed by atoms with Gasteiger partial charge in [-0.3, -0.25) is 9.69 Å². The van der Waals surface area contributed by atoms with Gasteiger partial charge in [0.25, 0.3) is 0 Å². The molecule has 0 spiro atoms. The van der Waals surface area contributed by atoms with Crippen molar-refractivity contribution in [2.45, 2.75) is 50.5 Å². The minimum Gasteiger partial charge on any atom is -0.349 e. The van der Waals surface area contributed by atoms with E-state index < -0.39 is 0 Å². The Kier molecular flexibility index (Phi) is 7.98. The molecular formula is C29H33N5OS. The average molecular weight is 500 g/mol. The van der Waals surface area contributed by atoms with Crippen molar-refractivity contribution in [3.8, 4) is 0 Å². The molecule has 186 valence electrons. The van der Waals surface area contributed by atoms with E-state index in [1.165, 1.54) is 47.4 Å². The van der Waals surface area contributed by atoms with Crippen LogP contribution in [0.25, 0.3) is 10.8 Å². The van der Waals surface area contributed by atoms with Crippen LogP contribution in [0.4, 0.5) is 0 Å². The first-order valence-electron chi connectivity index (χ1n) is 12.7. The van der Waals surface area contributed by atoms with Gasteiger partial charge in [0.15, 0.2) is 5.16 Å². The van der Waals surface area contributed by atoms with Crippen molar-refractivity contribution in [1.82, 2.24) is 25.0 Å². The van der Waals surface area contributed by atoms with Crippen molar-refractivity contribution < 1.29 is 4.79 Å². The lowest BCUT2D eigenvalue weighted by Crippen LogP contribution is -2.30. The summed E-state index contributed by atoms with van der Waals surface area (Å²) in [5.74, 6) is 1.26. The molecule has 0 bridgehead atoms. The molecule has 1 saturated heterocycles. The molecule has 1 fully saturated rings. The van der Waals surface area contributed by atoms with E-state index in [4.69, 9.17) is 0 Å². The molecule has 1 aliphatic rings. The molecule has 2 heterocycles. The van der Waals surface area contributed by atoms with Gasteiger partial charge in [-0.25, -0.2) is 0 Å². The van der Waals surface area contributed by atoms with Crippen LogP contribution < -0.4 is 5.32 Å². The summed E-state index contributed by atoms with van der Waals surface area (Å²) < 4.78 is 2.18. The Bertz CT molecular complexity index is 1300. The summed E-state index contributed by atoms with van der Waals surface area (Å²) in [5, 5.41) is 15.4. The lowest BCUT2D eigenvalue weighted by Gasteiger charge is -2.26. The highest BCUT2D eigenvalue weighted by Crippen LogP contribution is 2.23. The fourth-order valence-corrected chi connectivity index (χ4v) is 5.53. The average Bonchev–Trinajstić information content (AvgIpc) is 3.29. The van der Waals surface area contributed by atoms with Gasteiger partial charge in [0, 0.05) is 0 Å². The van der Waals surface area contributed by atoms with Crippen molar-refractivity contribution in [2.24, 2.45) is 0 Å². The van der Waals surface area contributed by atoms with E-state index in [1.807, 2.05) is 25.1 Å². The number of nitrogens with zero attached hydrogens (tertiary/aromatic N) is 4. The van der Waals surface area contributed by atoms with Crippen LogP contribution in [0.3, 0.4) is 0 Å². The van der Waals surface area contributed by atoms with Crippen LogP contribution in [0.15, 0.2) is 78.0 Å². The number of nitrogens with one attached hydrogen (secondary N) is 1. The van der Waals surface area contributed by atoms with Gasteiger partial charge in [0.05, 0.1) is 24.9 Å². The Morgan fingerprint density at radius 3 is 2.47 bits per heavy atom. The molecule has 6 nitrogen and oxygen atoms in total. The van der Waals surface area contributed by atoms with E-state index in [-0.39, 0.29) is 11.9 Å². The van der Waals surface area contributed by atoms with Gasteiger partial charge in [-0.05, 0) is 60.8 Å². The zero-order chi connectivity index (χ0) is 24.7. The molecule has 1 aliphatic heterocycles. The van der Waals surface area contributed by atoms with E-state index in [9.17, 15) is 4.79 Å². The molecule has 36 heavy (non-hydrogen) atoms. The van der Waals surface area contributed by atoms with Gasteiger partial charge in [0.2, 0.25) is 5.91 Å². The van der Waals surface area contributed by atoms with E-state index in [0.29, 0.717) is 12.3 Å². The van der Waals surface area contributed by atoms with Crippen LogP contribution in [-0.2, 0) is 17.9 Å². The molecule has 1 aromatic heterocycles.